The van der Waals surface area contributed by atoms with Crippen molar-refractivity contribution in [2.45, 2.75) is 51.2 Å². The third kappa shape index (κ3) is 5.63. The summed E-state index contributed by atoms with van der Waals surface area (Å²) >= 11 is 0. The normalized spacial score (nSPS) is 18.5. The van der Waals surface area contributed by atoms with Gasteiger partial charge in [0.1, 0.15) is 11.9 Å². The highest BCUT2D eigenvalue weighted by Gasteiger charge is 2.29. The van der Waals surface area contributed by atoms with Gasteiger partial charge in [-0.05, 0) is 74.9 Å². The molecule has 1 aliphatic heterocycles. The molecule has 0 radical (unpaired) electrons. The van der Waals surface area contributed by atoms with Crippen LogP contribution in [0.2, 0.25) is 0 Å². The minimum Gasteiger partial charge on any atom is -0.492 e. The Kier molecular flexibility index (Phi) is 7.20. The number of fused-ring (bicyclic) bond motifs is 1. The molecule has 1 aromatic heterocycles. The number of aliphatic hydroxyl groups is 1. The van der Waals surface area contributed by atoms with Crippen molar-refractivity contribution in [1.29, 1.82) is 0 Å². The Hall–Kier alpha value is -2.44. The van der Waals surface area contributed by atoms with Gasteiger partial charge in [0.15, 0.2) is 0 Å². The first-order chi connectivity index (χ1) is 15.1. The smallest absolute Gasteiger partial charge is 0.220 e. The number of nitrogens with one attached hydrogen (secondary N) is 1. The van der Waals surface area contributed by atoms with Gasteiger partial charge >= 0.3 is 0 Å². The van der Waals surface area contributed by atoms with Gasteiger partial charge in [-0.1, -0.05) is 24.3 Å². The molecule has 0 unspecified atom stereocenters. The van der Waals surface area contributed by atoms with Crippen LogP contribution in [0.25, 0.3) is 0 Å². The summed E-state index contributed by atoms with van der Waals surface area (Å²) in [5.41, 5.74) is 3.27. The lowest BCUT2D eigenvalue weighted by Crippen LogP contribution is -2.47. The highest BCUT2D eigenvalue weighted by atomic mass is 16.5. The van der Waals surface area contributed by atoms with E-state index in [0.717, 1.165) is 25.9 Å². The van der Waals surface area contributed by atoms with E-state index >= 15 is 0 Å². The largest absolute Gasteiger partial charge is 0.492 e. The fourth-order valence-electron chi connectivity index (χ4n) is 4.81. The summed E-state index contributed by atoms with van der Waals surface area (Å²) < 4.78 is 5.45. The van der Waals surface area contributed by atoms with Crippen LogP contribution in [0.3, 0.4) is 0 Å². The maximum atomic E-state index is 12.9. The second kappa shape index (κ2) is 10.2. The fourth-order valence-corrected chi connectivity index (χ4v) is 4.81. The minimum atomic E-state index is -0.860. The highest BCUT2D eigenvalue weighted by Crippen LogP contribution is 2.29. The van der Waals surface area contributed by atoms with Crippen LogP contribution in [0.5, 0.6) is 5.75 Å². The summed E-state index contributed by atoms with van der Waals surface area (Å²) in [7, 11) is 0. The molecule has 6 nitrogen and oxygen atoms in total. The molecule has 4 rings (SSSR count). The average Bonchev–Trinajstić information content (AvgIpc) is 3.42. The number of carbonyl (C=O) groups excluding carboxylic acids is 1. The van der Waals surface area contributed by atoms with Crippen LogP contribution in [-0.2, 0) is 17.6 Å². The molecule has 1 fully saturated rings. The van der Waals surface area contributed by atoms with Gasteiger partial charge in [-0.2, -0.15) is 0 Å². The van der Waals surface area contributed by atoms with Crippen LogP contribution in [0.4, 0.5) is 0 Å². The lowest BCUT2D eigenvalue weighted by Gasteiger charge is -2.28. The average molecular weight is 424 g/mol. The van der Waals surface area contributed by atoms with Crippen molar-refractivity contribution in [3.8, 4) is 5.75 Å². The predicted octanol–water partition coefficient (Wildman–Crippen LogP) is 2.90. The van der Waals surface area contributed by atoms with Crippen LogP contribution < -0.4 is 10.1 Å². The number of pyridine rings is 1. The molecule has 2 atom stereocenters. The molecule has 1 amide bonds. The van der Waals surface area contributed by atoms with Crippen molar-refractivity contribution in [3.63, 3.8) is 0 Å². The van der Waals surface area contributed by atoms with Gasteiger partial charge in [0, 0.05) is 13.0 Å². The quantitative estimate of drug-likeness (QED) is 0.649. The van der Waals surface area contributed by atoms with Gasteiger partial charge in [-0.3, -0.25) is 9.78 Å². The predicted molar refractivity (Wildman–Crippen MR) is 120 cm³/mol. The van der Waals surface area contributed by atoms with Gasteiger partial charge in [0.2, 0.25) is 5.91 Å². The maximum Gasteiger partial charge on any atom is 0.220 e. The lowest BCUT2D eigenvalue weighted by molar-refractivity contribution is -0.123. The van der Waals surface area contributed by atoms with E-state index in [1.807, 2.05) is 13.0 Å². The summed E-state index contributed by atoms with van der Waals surface area (Å²) in [5, 5.41) is 14.2. The first-order valence-electron chi connectivity index (χ1n) is 11.5. The topological polar surface area (TPSA) is 74.7 Å². The number of carbonyl (C=O) groups is 1. The molecular formula is C25H33N3O3. The SMILES string of the molecule is CCOc1ccc([C@@H](O)[C@@H](CN2CCCC2)NC(=O)CC2Cc3ccccc3C2)nc1. The van der Waals surface area contributed by atoms with Crippen molar-refractivity contribution in [2.75, 3.05) is 26.2 Å². The number of hydrogen-bond acceptors (Lipinski definition) is 5. The van der Waals surface area contributed by atoms with Crippen LogP contribution in [0.15, 0.2) is 42.6 Å². The van der Waals surface area contributed by atoms with E-state index in [2.05, 4.69) is 39.5 Å². The third-order valence-electron chi connectivity index (χ3n) is 6.36. The van der Waals surface area contributed by atoms with E-state index in [1.54, 1.807) is 12.3 Å². The molecule has 0 spiro atoms. The van der Waals surface area contributed by atoms with E-state index in [0.29, 0.717) is 36.9 Å². The minimum absolute atomic E-state index is 0.00647. The van der Waals surface area contributed by atoms with Crippen molar-refractivity contribution in [1.82, 2.24) is 15.2 Å². The molecule has 2 heterocycles. The second-order valence-corrected chi connectivity index (χ2v) is 8.73. The molecule has 31 heavy (non-hydrogen) atoms. The monoisotopic (exact) mass is 423 g/mol. The molecule has 1 aromatic carbocycles. The molecular weight excluding hydrogens is 390 g/mol. The van der Waals surface area contributed by atoms with Crippen LogP contribution in [-0.4, -0.2) is 53.2 Å². The maximum absolute atomic E-state index is 12.9. The number of rotatable bonds is 9. The zero-order chi connectivity index (χ0) is 21.6. The Morgan fingerprint density at radius 2 is 1.90 bits per heavy atom. The van der Waals surface area contributed by atoms with Crippen molar-refractivity contribution >= 4 is 5.91 Å². The Bertz CT molecular complexity index is 840. The molecule has 2 aromatic rings. The summed E-state index contributed by atoms with van der Waals surface area (Å²) in [6.45, 7) is 5.14. The standard InChI is InChI=1S/C25H33N3O3/c1-2-31-21-9-10-22(26-16-21)25(30)23(17-28-11-5-6-12-28)27-24(29)15-18-13-19-7-3-4-8-20(19)14-18/h3-4,7-10,16,18,23,25,30H,2,5-6,11-15,17H2,1H3,(H,27,29)/t23-,25-/m1/s1. The van der Waals surface area contributed by atoms with Gasteiger partial charge in [0.05, 0.1) is 24.5 Å². The van der Waals surface area contributed by atoms with E-state index in [-0.39, 0.29) is 11.9 Å². The number of aliphatic hydroxyl groups excluding tert-OH is 1. The van der Waals surface area contributed by atoms with Gasteiger partial charge in [-0.25, -0.2) is 0 Å². The van der Waals surface area contributed by atoms with E-state index in [4.69, 9.17) is 4.74 Å². The Morgan fingerprint density at radius 1 is 1.19 bits per heavy atom. The number of ether oxygens (including phenoxy) is 1. The van der Waals surface area contributed by atoms with Crippen molar-refractivity contribution in [2.24, 2.45) is 5.92 Å². The number of benzene rings is 1. The summed E-state index contributed by atoms with van der Waals surface area (Å²) in [4.78, 5) is 19.6. The highest BCUT2D eigenvalue weighted by molar-refractivity contribution is 5.76. The summed E-state index contributed by atoms with van der Waals surface area (Å²) in [5.74, 6) is 1.01. The van der Waals surface area contributed by atoms with Crippen LogP contribution in [0, 0.1) is 5.92 Å². The van der Waals surface area contributed by atoms with E-state index < -0.39 is 6.10 Å². The number of hydrogen-bond donors (Lipinski definition) is 2. The zero-order valence-corrected chi connectivity index (χ0v) is 18.3. The number of nitrogens with zero attached hydrogens (tertiary/aromatic N) is 2. The van der Waals surface area contributed by atoms with Crippen LogP contribution >= 0.6 is 0 Å². The van der Waals surface area contributed by atoms with E-state index in [1.165, 1.54) is 24.0 Å². The molecule has 1 aliphatic carbocycles. The lowest BCUT2D eigenvalue weighted by atomic mass is 10.0. The second-order valence-electron chi connectivity index (χ2n) is 8.73. The molecule has 166 valence electrons. The Labute approximate surface area is 184 Å². The van der Waals surface area contributed by atoms with Crippen molar-refractivity contribution in [3.05, 3.63) is 59.4 Å². The van der Waals surface area contributed by atoms with Gasteiger partial charge in [0.25, 0.3) is 0 Å². The van der Waals surface area contributed by atoms with Gasteiger partial charge < -0.3 is 20.1 Å². The molecule has 6 heteroatoms. The summed E-state index contributed by atoms with van der Waals surface area (Å²) in [6.07, 6.45) is 5.48. The molecule has 1 saturated heterocycles. The number of aromatic nitrogens is 1. The molecule has 0 saturated carbocycles. The fraction of sp³-hybridized carbons (Fsp3) is 0.520. The van der Waals surface area contributed by atoms with Gasteiger partial charge in [-0.15, -0.1) is 0 Å². The number of amides is 1. The Morgan fingerprint density at radius 3 is 2.52 bits per heavy atom. The summed E-state index contributed by atoms with van der Waals surface area (Å²) in [6, 6.07) is 11.7. The molecule has 0 bridgehead atoms. The zero-order valence-electron chi connectivity index (χ0n) is 18.3. The van der Waals surface area contributed by atoms with Crippen LogP contribution in [0.1, 0.15) is 49.1 Å². The molecule has 2 N–H and O–H groups in total. The molecule has 2 aliphatic rings. The number of likely N-dealkylation sites (tertiary alicyclic amines) is 1. The first-order valence-corrected chi connectivity index (χ1v) is 11.5. The van der Waals surface area contributed by atoms with Crippen molar-refractivity contribution < 1.29 is 14.6 Å². The van der Waals surface area contributed by atoms with E-state index in [9.17, 15) is 9.90 Å². The first kappa shape index (κ1) is 21.8. The Balaban J connectivity index is 1.40. The third-order valence-corrected chi connectivity index (χ3v) is 6.36.